The molecule has 0 bridgehead atoms. The molecule has 7 heteroatoms. The molecule has 1 amide bonds. The van der Waals surface area contributed by atoms with Gasteiger partial charge in [0, 0.05) is 34.8 Å². The number of benzene rings is 3. The number of hydrogen-bond acceptors (Lipinski definition) is 4. The molecule has 188 valence electrons. The Hall–Kier alpha value is -4.39. The predicted molar refractivity (Wildman–Crippen MR) is 140 cm³/mol. The van der Waals surface area contributed by atoms with E-state index in [-0.39, 0.29) is 29.8 Å². The van der Waals surface area contributed by atoms with Gasteiger partial charge in [0.1, 0.15) is 17.3 Å². The van der Waals surface area contributed by atoms with E-state index in [1.54, 1.807) is 42.6 Å². The average molecular weight is 499 g/mol. The van der Waals surface area contributed by atoms with Crippen molar-refractivity contribution in [1.82, 2.24) is 9.88 Å². The molecule has 2 heterocycles. The largest absolute Gasteiger partial charge is 0.507 e. The number of likely N-dealkylation sites (tertiary alicyclic amines) is 1. The number of fused-ring (bicyclic) bond motifs is 1. The lowest BCUT2D eigenvalue weighted by atomic mass is 9.94. The first-order valence-electron chi connectivity index (χ1n) is 12.2. The molecule has 1 aromatic heterocycles. The molecule has 5 rings (SSSR count). The number of aliphatic hydroxyl groups excluding tert-OH is 1. The van der Waals surface area contributed by atoms with Crippen LogP contribution in [0.25, 0.3) is 16.7 Å². The van der Waals surface area contributed by atoms with Crippen LogP contribution in [-0.4, -0.2) is 39.3 Å². The van der Waals surface area contributed by atoms with Gasteiger partial charge in [0.05, 0.1) is 17.7 Å². The molecule has 1 aliphatic rings. The maximum atomic E-state index is 13.4. The third-order valence-electron chi connectivity index (χ3n) is 6.49. The molecule has 1 aliphatic heterocycles. The van der Waals surface area contributed by atoms with Crippen molar-refractivity contribution < 1.29 is 23.8 Å². The summed E-state index contributed by atoms with van der Waals surface area (Å²) in [5.41, 5.74) is 2.81. The Morgan fingerprint density at radius 2 is 1.81 bits per heavy atom. The van der Waals surface area contributed by atoms with Gasteiger partial charge in [-0.2, -0.15) is 0 Å². The van der Waals surface area contributed by atoms with E-state index in [0.717, 1.165) is 16.5 Å². The summed E-state index contributed by atoms with van der Waals surface area (Å²) in [5, 5.41) is 12.3. The van der Waals surface area contributed by atoms with Gasteiger partial charge in [0.15, 0.2) is 0 Å². The van der Waals surface area contributed by atoms with Gasteiger partial charge < -0.3 is 19.7 Å². The first-order valence-corrected chi connectivity index (χ1v) is 12.2. The number of nitrogens with zero attached hydrogens (tertiary/aromatic N) is 1. The van der Waals surface area contributed by atoms with Crippen LogP contribution in [0.1, 0.15) is 36.6 Å². The number of ether oxygens (including phenoxy) is 1. The summed E-state index contributed by atoms with van der Waals surface area (Å²) in [4.78, 5) is 31.4. The lowest BCUT2D eigenvalue weighted by molar-refractivity contribution is -0.139. The first-order chi connectivity index (χ1) is 17.8. The Labute approximate surface area is 214 Å². The number of para-hydroxylation sites is 1. The molecular weight excluding hydrogens is 471 g/mol. The summed E-state index contributed by atoms with van der Waals surface area (Å²) >= 11 is 0. The first kappa shape index (κ1) is 24.3. The molecule has 2 N–H and O–H groups in total. The normalized spacial score (nSPS) is 17.2. The summed E-state index contributed by atoms with van der Waals surface area (Å²) < 4.78 is 19.1. The molecule has 1 unspecified atom stereocenters. The van der Waals surface area contributed by atoms with Crippen molar-refractivity contribution in [3.63, 3.8) is 0 Å². The molecule has 6 nitrogen and oxygen atoms in total. The van der Waals surface area contributed by atoms with Crippen molar-refractivity contribution >= 4 is 28.4 Å². The maximum Gasteiger partial charge on any atom is 0.295 e. The molecule has 1 fully saturated rings. The summed E-state index contributed by atoms with van der Waals surface area (Å²) in [7, 11) is 0. The van der Waals surface area contributed by atoms with E-state index < -0.39 is 17.7 Å². The smallest absolute Gasteiger partial charge is 0.295 e. The molecular formula is C30H27FN2O4. The van der Waals surface area contributed by atoms with Crippen LogP contribution >= 0.6 is 0 Å². The van der Waals surface area contributed by atoms with E-state index in [0.29, 0.717) is 23.3 Å². The van der Waals surface area contributed by atoms with Crippen molar-refractivity contribution in [2.45, 2.75) is 32.4 Å². The Bertz CT molecular complexity index is 1500. The van der Waals surface area contributed by atoms with E-state index in [1.165, 1.54) is 17.0 Å². The van der Waals surface area contributed by atoms with Crippen LogP contribution < -0.4 is 4.74 Å². The SMILES string of the molecule is CC(C)Oc1cccc(/C(O)=C2\C(=O)C(=O)N(CCc3ccc(F)cc3)C2c2c[nH]c3ccccc23)c1. The van der Waals surface area contributed by atoms with Crippen LogP contribution in [0.15, 0.2) is 84.6 Å². The molecule has 0 radical (unpaired) electrons. The summed E-state index contributed by atoms with van der Waals surface area (Å²) in [6, 6.07) is 19.7. The van der Waals surface area contributed by atoms with Crippen molar-refractivity contribution in [1.29, 1.82) is 0 Å². The molecule has 3 aromatic carbocycles. The third-order valence-corrected chi connectivity index (χ3v) is 6.49. The van der Waals surface area contributed by atoms with Gasteiger partial charge in [-0.15, -0.1) is 0 Å². The lowest BCUT2D eigenvalue weighted by Crippen LogP contribution is -2.31. The highest BCUT2D eigenvalue weighted by molar-refractivity contribution is 6.46. The number of rotatable bonds is 7. The van der Waals surface area contributed by atoms with Gasteiger partial charge in [-0.05, 0) is 56.2 Å². The molecule has 37 heavy (non-hydrogen) atoms. The number of aliphatic hydroxyl groups is 1. The van der Waals surface area contributed by atoms with Crippen molar-refractivity contribution in [2.75, 3.05) is 6.54 Å². The van der Waals surface area contributed by atoms with Crippen LogP contribution in [0, 0.1) is 5.82 Å². The molecule has 1 atom stereocenters. The minimum absolute atomic E-state index is 0.0237. The van der Waals surface area contributed by atoms with Crippen LogP contribution in [-0.2, 0) is 16.0 Å². The number of H-pyrrole nitrogens is 1. The quantitative estimate of drug-likeness (QED) is 0.193. The fourth-order valence-electron chi connectivity index (χ4n) is 4.80. The van der Waals surface area contributed by atoms with Gasteiger partial charge in [0.25, 0.3) is 11.7 Å². The number of ketones is 1. The molecule has 1 saturated heterocycles. The number of carbonyl (C=O) groups excluding carboxylic acids is 2. The highest BCUT2D eigenvalue weighted by atomic mass is 19.1. The van der Waals surface area contributed by atoms with Gasteiger partial charge >= 0.3 is 0 Å². The molecule has 0 saturated carbocycles. The predicted octanol–water partition coefficient (Wildman–Crippen LogP) is 5.76. The minimum atomic E-state index is -0.800. The van der Waals surface area contributed by atoms with E-state index in [9.17, 15) is 19.1 Å². The van der Waals surface area contributed by atoms with Crippen LogP contribution in [0.2, 0.25) is 0 Å². The Balaban J connectivity index is 1.61. The number of carbonyl (C=O) groups is 2. The topological polar surface area (TPSA) is 82.6 Å². The van der Waals surface area contributed by atoms with Crippen LogP contribution in [0.3, 0.4) is 0 Å². The van der Waals surface area contributed by atoms with E-state index >= 15 is 0 Å². The Morgan fingerprint density at radius 1 is 1.05 bits per heavy atom. The van der Waals surface area contributed by atoms with Gasteiger partial charge in [-0.25, -0.2) is 4.39 Å². The monoisotopic (exact) mass is 498 g/mol. The zero-order valence-corrected chi connectivity index (χ0v) is 20.6. The summed E-state index contributed by atoms with van der Waals surface area (Å²) in [5.74, 6) is -1.48. The molecule has 0 aliphatic carbocycles. The van der Waals surface area contributed by atoms with Gasteiger partial charge in [-0.3, -0.25) is 9.59 Å². The highest BCUT2D eigenvalue weighted by Gasteiger charge is 2.46. The van der Waals surface area contributed by atoms with E-state index in [1.807, 2.05) is 38.1 Å². The number of hydrogen-bond donors (Lipinski definition) is 2. The van der Waals surface area contributed by atoms with Crippen LogP contribution in [0.5, 0.6) is 5.75 Å². The number of halogens is 1. The number of nitrogens with one attached hydrogen (secondary N) is 1. The minimum Gasteiger partial charge on any atom is -0.507 e. The number of aromatic amines is 1. The Kier molecular flexibility index (Phi) is 6.53. The number of amides is 1. The fraction of sp³-hybridized carbons (Fsp3) is 0.200. The zero-order valence-electron chi connectivity index (χ0n) is 20.6. The molecule has 0 spiro atoms. The Morgan fingerprint density at radius 3 is 2.57 bits per heavy atom. The summed E-state index contributed by atoms with van der Waals surface area (Å²) in [6.45, 7) is 4.01. The lowest BCUT2D eigenvalue weighted by Gasteiger charge is -2.25. The molecule has 4 aromatic rings. The second-order valence-corrected chi connectivity index (χ2v) is 9.35. The average Bonchev–Trinajstić information content (AvgIpc) is 3.41. The van der Waals surface area contributed by atoms with E-state index in [4.69, 9.17) is 4.74 Å². The maximum absolute atomic E-state index is 13.4. The van der Waals surface area contributed by atoms with E-state index in [2.05, 4.69) is 4.98 Å². The van der Waals surface area contributed by atoms with Crippen molar-refractivity contribution in [3.05, 3.63) is 107 Å². The van der Waals surface area contributed by atoms with Crippen molar-refractivity contribution in [3.8, 4) is 5.75 Å². The second kappa shape index (κ2) is 9.93. The highest BCUT2D eigenvalue weighted by Crippen LogP contribution is 2.42. The standard InChI is InChI=1S/C30H27FN2O4/c1-18(2)37-22-7-5-6-20(16-22)28(34)26-27(24-17-32-25-9-4-3-8-23(24)25)33(30(36)29(26)35)15-14-19-10-12-21(31)13-11-19/h3-13,16-18,27,32,34H,14-15H2,1-2H3/b28-26+. The van der Waals surface area contributed by atoms with Crippen molar-refractivity contribution in [2.24, 2.45) is 0 Å². The zero-order chi connectivity index (χ0) is 26.1. The number of Topliss-reactive ketones (excluding diaryl/α,β-unsaturated/α-hetero) is 1. The number of aromatic nitrogens is 1. The van der Waals surface area contributed by atoms with Gasteiger partial charge in [0.2, 0.25) is 0 Å². The summed E-state index contributed by atoms with van der Waals surface area (Å²) in [6.07, 6.45) is 2.13. The van der Waals surface area contributed by atoms with Crippen LogP contribution in [0.4, 0.5) is 4.39 Å². The second-order valence-electron chi connectivity index (χ2n) is 9.35. The van der Waals surface area contributed by atoms with Gasteiger partial charge in [-0.1, -0.05) is 42.5 Å². The fourth-order valence-corrected chi connectivity index (χ4v) is 4.80. The third kappa shape index (κ3) is 4.72.